The van der Waals surface area contributed by atoms with E-state index in [9.17, 15) is 18.0 Å². The maximum atomic E-state index is 12.7. The van der Waals surface area contributed by atoms with Gasteiger partial charge in [-0.15, -0.1) is 0 Å². The van der Waals surface area contributed by atoms with E-state index in [4.69, 9.17) is 5.11 Å². The number of hydrogen-bond acceptors (Lipinski definition) is 3. The molecule has 21 heavy (non-hydrogen) atoms. The number of halogens is 3. The number of amides is 2. The minimum atomic E-state index is -4.48. The second kappa shape index (κ2) is 7.16. The number of alkyl halides is 3. The molecule has 118 valence electrons. The monoisotopic (exact) mass is 305 g/mol. The van der Waals surface area contributed by atoms with Crippen LogP contribution in [-0.2, 0) is 6.18 Å². The van der Waals surface area contributed by atoms with Crippen molar-refractivity contribution >= 4 is 17.4 Å². The predicted octanol–water partition coefficient (Wildman–Crippen LogP) is 2.28. The molecule has 3 N–H and O–H groups in total. The van der Waals surface area contributed by atoms with Crippen LogP contribution in [0.5, 0.6) is 0 Å². The minimum absolute atomic E-state index is 0.0660. The fraction of sp³-hybridized carbons (Fsp3) is 0.462. The summed E-state index contributed by atoms with van der Waals surface area (Å²) < 4.78 is 38.2. The van der Waals surface area contributed by atoms with Gasteiger partial charge in [-0.1, -0.05) is 0 Å². The summed E-state index contributed by atoms with van der Waals surface area (Å²) in [6.45, 7) is 0.158. The predicted molar refractivity (Wildman–Crippen MR) is 74.5 cm³/mol. The Morgan fingerprint density at radius 2 is 2.00 bits per heavy atom. The van der Waals surface area contributed by atoms with Gasteiger partial charge in [-0.2, -0.15) is 13.2 Å². The lowest BCUT2D eigenvalue weighted by atomic mass is 10.1. The number of anilines is 2. The van der Waals surface area contributed by atoms with Gasteiger partial charge in [-0.3, -0.25) is 0 Å². The number of aliphatic hydroxyl groups excluding tert-OH is 1. The molecule has 0 saturated heterocycles. The Hall–Kier alpha value is -1.96. The number of urea groups is 1. The molecule has 0 fully saturated rings. The zero-order chi connectivity index (χ0) is 16.0. The average molecular weight is 305 g/mol. The first-order valence-corrected chi connectivity index (χ1v) is 6.30. The van der Waals surface area contributed by atoms with E-state index in [0.717, 1.165) is 12.1 Å². The molecule has 5 nitrogen and oxygen atoms in total. The molecular weight excluding hydrogens is 287 g/mol. The summed E-state index contributed by atoms with van der Waals surface area (Å²) in [5.74, 6) is 0. The number of benzene rings is 1. The van der Waals surface area contributed by atoms with Crippen molar-refractivity contribution in [1.29, 1.82) is 0 Å². The summed E-state index contributed by atoms with van der Waals surface area (Å²) in [6, 6.07) is 2.53. The molecule has 0 aliphatic carbocycles. The summed E-state index contributed by atoms with van der Waals surface area (Å²) in [7, 11) is 3.33. The Morgan fingerprint density at radius 1 is 1.33 bits per heavy atom. The van der Waals surface area contributed by atoms with Gasteiger partial charge in [0.15, 0.2) is 0 Å². The number of nitrogens with one attached hydrogen (secondary N) is 2. The Balaban J connectivity index is 2.93. The molecule has 0 spiro atoms. The van der Waals surface area contributed by atoms with E-state index in [2.05, 4.69) is 10.6 Å². The first-order chi connectivity index (χ1) is 9.75. The lowest BCUT2D eigenvalue weighted by Gasteiger charge is -2.20. The van der Waals surface area contributed by atoms with Crippen molar-refractivity contribution in [3.05, 3.63) is 23.8 Å². The van der Waals surface area contributed by atoms with Crippen LogP contribution in [0.2, 0.25) is 0 Å². The van der Waals surface area contributed by atoms with E-state index >= 15 is 0 Å². The molecule has 0 aromatic heterocycles. The quantitative estimate of drug-likeness (QED) is 0.731. The summed E-state index contributed by atoms with van der Waals surface area (Å²) in [5.41, 5.74) is -0.310. The minimum Gasteiger partial charge on any atom is -0.396 e. The second-order valence-corrected chi connectivity index (χ2v) is 4.58. The third-order valence-corrected chi connectivity index (χ3v) is 2.67. The maximum Gasteiger partial charge on any atom is 0.416 e. The normalized spacial score (nSPS) is 11.1. The van der Waals surface area contributed by atoms with E-state index in [1.807, 2.05) is 0 Å². The molecule has 0 aliphatic heterocycles. The largest absolute Gasteiger partial charge is 0.416 e. The molecule has 8 heteroatoms. The number of rotatable bonds is 5. The molecule has 0 bridgehead atoms. The molecule has 0 saturated carbocycles. The van der Waals surface area contributed by atoms with Gasteiger partial charge in [0, 0.05) is 27.2 Å². The molecule has 0 unspecified atom stereocenters. The summed E-state index contributed by atoms with van der Waals surface area (Å²) in [6.07, 6.45) is -4.11. The zero-order valence-corrected chi connectivity index (χ0v) is 11.8. The van der Waals surface area contributed by atoms with Gasteiger partial charge in [0.05, 0.1) is 16.9 Å². The summed E-state index contributed by atoms with van der Waals surface area (Å²) in [4.78, 5) is 13.2. The Morgan fingerprint density at radius 3 is 2.52 bits per heavy atom. The molecule has 1 rings (SSSR count). The topological polar surface area (TPSA) is 64.6 Å². The van der Waals surface area contributed by atoms with Crippen molar-refractivity contribution in [3.8, 4) is 0 Å². The third kappa shape index (κ3) is 5.14. The van der Waals surface area contributed by atoms with Gasteiger partial charge in [-0.25, -0.2) is 4.79 Å². The highest BCUT2D eigenvalue weighted by Crippen LogP contribution is 2.34. The summed E-state index contributed by atoms with van der Waals surface area (Å²) >= 11 is 0. The maximum absolute atomic E-state index is 12.7. The first kappa shape index (κ1) is 17.1. The van der Waals surface area contributed by atoms with E-state index in [1.165, 1.54) is 6.07 Å². The average Bonchev–Trinajstić information content (AvgIpc) is 2.37. The van der Waals surface area contributed by atoms with Crippen molar-refractivity contribution < 1.29 is 23.1 Å². The Kier molecular flexibility index (Phi) is 5.83. The Labute approximate surface area is 120 Å². The molecule has 0 atom stereocenters. The summed E-state index contributed by atoms with van der Waals surface area (Å²) in [5, 5.41) is 13.4. The van der Waals surface area contributed by atoms with Crippen LogP contribution in [0.3, 0.4) is 0 Å². The number of carbonyl (C=O) groups is 1. The fourth-order valence-corrected chi connectivity index (χ4v) is 1.65. The smallest absolute Gasteiger partial charge is 0.396 e. The number of aliphatic hydroxyl groups is 1. The molecule has 0 aliphatic rings. The van der Waals surface area contributed by atoms with Crippen molar-refractivity contribution in [1.82, 2.24) is 5.32 Å². The first-order valence-electron chi connectivity index (χ1n) is 6.30. The lowest BCUT2D eigenvalue weighted by Crippen LogP contribution is -2.30. The van der Waals surface area contributed by atoms with Crippen LogP contribution in [0.1, 0.15) is 12.0 Å². The van der Waals surface area contributed by atoms with Gasteiger partial charge in [-0.05, 0) is 24.6 Å². The van der Waals surface area contributed by atoms with E-state index in [0.29, 0.717) is 12.1 Å². The van der Waals surface area contributed by atoms with Crippen molar-refractivity contribution in [2.45, 2.75) is 12.6 Å². The standard InChI is InChI=1S/C13H18F3N3O2/c1-19(2)11-5-4-9(13(14,15)16)8-10(11)18-12(21)17-6-3-7-20/h4-5,8,20H,3,6-7H2,1-2H3,(H2,17,18,21). The van der Waals surface area contributed by atoms with Crippen LogP contribution in [-0.4, -0.2) is 38.4 Å². The van der Waals surface area contributed by atoms with Crippen LogP contribution < -0.4 is 15.5 Å². The number of carbonyl (C=O) groups excluding carboxylic acids is 1. The van der Waals surface area contributed by atoms with E-state index in [1.54, 1.807) is 19.0 Å². The Bertz CT molecular complexity index is 490. The van der Waals surface area contributed by atoms with E-state index < -0.39 is 17.8 Å². The van der Waals surface area contributed by atoms with Crippen LogP contribution >= 0.6 is 0 Å². The van der Waals surface area contributed by atoms with Crippen LogP contribution in [0.4, 0.5) is 29.3 Å². The number of nitrogens with zero attached hydrogens (tertiary/aromatic N) is 1. The molecule has 2 amide bonds. The second-order valence-electron chi connectivity index (χ2n) is 4.58. The van der Waals surface area contributed by atoms with E-state index in [-0.39, 0.29) is 18.8 Å². The molecule has 1 aromatic rings. The van der Waals surface area contributed by atoms with Crippen molar-refractivity contribution in [3.63, 3.8) is 0 Å². The highest BCUT2D eigenvalue weighted by Gasteiger charge is 2.31. The van der Waals surface area contributed by atoms with Gasteiger partial charge in [0.1, 0.15) is 0 Å². The van der Waals surface area contributed by atoms with Crippen LogP contribution in [0.25, 0.3) is 0 Å². The molecule has 0 radical (unpaired) electrons. The molecule has 0 heterocycles. The highest BCUT2D eigenvalue weighted by atomic mass is 19.4. The van der Waals surface area contributed by atoms with Crippen molar-refractivity contribution in [2.24, 2.45) is 0 Å². The molecule has 1 aromatic carbocycles. The fourth-order valence-electron chi connectivity index (χ4n) is 1.65. The SMILES string of the molecule is CN(C)c1ccc(C(F)(F)F)cc1NC(=O)NCCCO. The number of hydrogen-bond donors (Lipinski definition) is 3. The van der Waals surface area contributed by atoms with Crippen LogP contribution in [0, 0.1) is 0 Å². The van der Waals surface area contributed by atoms with Gasteiger partial charge in [0.2, 0.25) is 0 Å². The third-order valence-electron chi connectivity index (χ3n) is 2.67. The van der Waals surface area contributed by atoms with Gasteiger partial charge in [0.25, 0.3) is 0 Å². The van der Waals surface area contributed by atoms with Gasteiger partial charge >= 0.3 is 12.2 Å². The highest BCUT2D eigenvalue weighted by molar-refractivity contribution is 5.93. The zero-order valence-electron chi connectivity index (χ0n) is 11.8. The van der Waals surface area contributed by atoms with Gasteiger partial charge < -0.3 is 20.6 Å². The molecular formula is C13H18F3N3O2. The lowest BCUT2D eigenvalue weighted by molar-refractivity contribution is -0.137. The van der Waals surface area contributed by atoms with Crippen molar-refractivity contribution in [2.75, 3.05) is 37.5 Å². The van der Waals surface area contributed by atoms with Crippen LogP contribution in [0.15, 0.2) is 18.2 Å².